The highest BCUT2D eigenvalue weighted by atomic mass is 16.5. The van der Waals surface area contributed by atoms with Crippen LogP contribution in [0.25, 0.3) is 0 Å². The SMILES string of the molecule is C#CCN(CCC(CN)OC)CC1CC1. The Labute approximate surface area is 93.0 Å². The third-order valence-electron chi connectivity index (χ3n) is 2.89. The average molecular weight is 210 g/mol. The predicted molar refractivity (Wildman–Crippen MR) is 62.5 cm³/mol. The van der Waals surface area contributed by atoms with Crippen LogP contribution in [0.2, 0.25) is 0 Å². The smallest absolute Gasteiger partial charge is 0.0705 e. The maximum absolute atomic E-state index is 5.57. The molecule has 1 rings (SSSR count). The van der Waals surface area contributed by atoms with Crippen molar-refractivity contribution in [3.63, 3.8) is 0 Å². The maximum Gasteiger partial charge on any atom is 0.0705 e. The summed E-state index contributed by atoms with van der Waals surface area (Å²) in [5.74, 6) is 3.60. The zero-order valence-corrected chi connectivity index (χ0v) is 9.61. The van der Waals surface area contributed by atoms with Crippen molar-refractivity contribution < 1.29 is 4.74 Å². The first-order valence-corrected chi connectivity index (χ1v) is 5.68. The van der Waals surface area contributed by atoms with Crippen molar-refractivity contribution in [2.75, 3.05) is 33.3 Å². The van der Waals surface area contributed by atoms with E-state index in [1.165, 1.54) is 12.8 Å². The van der Waals surface area contributed by atoms with Crippen LogP contribution in [0.4, 0.5) is 0 Å². The highest BCUT2D eigenvalue weighted by molar-refractivity contribution is 4.90. The molecule has 0 bridgehead atoms. The molecule has 3 heteroatoms. The molecule has 0 aromatic heterocycles. The number of methoxy groups -OCH3 is 1. The number of ether oxygens (including phenoxy) is 1. The van der Waals surface area contributed by atoms with Crippen molar-refractivity contribution in [1.82, 2.24) is 4.90 Å². The quantitative estimate of drug-likeness (QED) is 0.599. The highest BCUT2D eigenvalue weighted by Crippen LogP contribution is 2.29. The molecule has 2 N–H and O–H groups in total. The molecule has 0 radical (unpaired) electrons. The molecule has 1 fully saturated rings. The van der Waals surface area contributed by atoms with E-state index >= 15 is 0 Å². The highest BCUT2D eigenvalue weighted by Gasteiger charge is 2.24. The van der Waals surface area contributed by atoms with Gasteiger partial charge < -0.3 is 10.5 Å². The van der Waals surface area contributed by atoms with Crippen molar-refractivity contribution in [2.24, 2.45) is 11.7 Å². The van der Waals surface area contributed by atoms with E-state index in [2.05, 4.69) is 10.8 Å². The molecule has 0 aromatic rings. The Morgan fingerprint density at radius 3 is 2.80 bits per heavy atom. The lowest BCUT2D eigenvalue weighted by molar-refractivity contribution is 0.0906. The fraction of sp³-hybridized carbons (Fsp3) is 0.833. The van der Waals surface area contributed by atoms with E-state index in [9.17, 15) is 0 Å². The number of nitrogens with two attached hydrogens (primary N) is 1. The number of terminal acetylenes is 1. The van der Waals surface area contributed by atoms with Gasteiger partial charge in [0.05, 0.1) is 12.6 Å². The Kier molecular flexibility index (Phi) is 5.70. The number of hydrogen-bond donors (Lipinski definition) is 1. The van der Waals surface area contributed by atoms with Gasteiger partial charge in [-0.15, -0.1) is 6.42 Å². The van der Waals surface area contributed by atoms with Crippen molar-refractivity contribution in [2.45, 2.75) is 25.4 Å². The molecule has 0 spiro atoms. The van der Waals surface area contributed by atoms with Crippen molar-refractivity contribution in [3.05, 3.63) is 0 Å². The lowest BCUT2D eigenvalue weighted by Gasteiger charge is -2.22. The minimum Gasteiger partial charge on any atom is -0.380 e. The van der Waals surface area contributed by atoms with Crippen LogP contribution in [0.5, 0.6) is 0 Å². The first-order chi connectivity index (χ1) is 7.30. The number of rotatable bonds is 8. The van der Waals surface area contributed by atoms with Crippen LogP contribution in [-0.2, 0) is 4.74 Å². The molecule has 1 atom stereocenters. The summed E-state index contributed by atoms with van der Waals surface area (Å²) in [6, 6.07) is 0. The third kappa shape index (κ3) is 5.17. The summed E-state index contributed by atoms with van der Waals surface area (Å²) >= 11 is 0. The molecular weight excluding hydrogens is 188 g/mol. The van der Waals surface area contributed by atoms with Crippen molar-refractivity contribution >= 4 is 0 Å². The summed E-state index contributed by atoms with van der Waals surface area (Å²) in [5.41, 5.74) is 5.57. The molecule has 1 unspecified atom stereocenters. The van der Waals surface area contributed by atoms with Crippen LogP contribution in [0.1, 0.15) is 19.3 Å². The first-order valence-electron chi connectivity index (χ1n) is 5.68. The minimum absolute atomic E-state index is 0.171. The average Bonchev–Trinajstić information content (AvgIpc) is 3.03. The monoisotopic (exact) mass is 210 g/mol. The van der Waals surface area contributed by atoms with Gasteiger partial charge in [0.1, 0.15) is 0 Å². The second-order valence-corrected chi connectivity index (χ2v) is 4.26. The van der Waals surface area contributed by atoms with E-state index in [-0.39, 0.29) is 6.10 Å². The second-order valence-electron chi connectivity index (χ2n) is 4.26. The van der Waals surface area contributed by atoms with Gasteiger partial charge in [-0.2, -0.15) is 0 Å². The Morgan fingerprint density at radius 2 is 2.33 bits per heavy atom. The summed E-state index contributed by atoms with van der Waals surface area (Å²) in [6.45, 7) is 3.48. The lowest BCUT2D eigenvalue weighted by atomic mass is 10.2. The Hall–Kier alpha value is -0.560. The fourth-order valence-corrected chi connectivity index (χ4v) is 1.69. The maximum atomic E-state index is 5.57. The summed E-state index contributed by atoms with van der Waals surface area (Å²) in [4.78, 5) is 2.33. The number of nitrogens with zero attached hydrogens (tertiary/aromatic N) is 1. The molecule has 0 heterocycles. The normalized spacial score (nSPS) is 17.7. The van der Waals surface area contributed by atoms with Gasteiger partial charge in [0.25, 0.3) is 0 Å². The molecule has 15 heavy (non-hydrogen) atoms. The molecule has 3 nitrogen and oxygen atoms in total. The Morgan fingerprint density at radius 1 is 1.60 bits per heavy atom. The van der Waals surface area contributed by atoms with Gasteiger partial charge >= 0.3 is 0 Å². The van der Waals surface area contributed by atoms with Gasteiger partial charge in [0.15, 0.2) is 0 Å². The summed E-state index contributed by atoms with van der Waals surface area (Å²) in [7, 11) is 1.71. The molecule has 0 aliphatic heterocycles. The van der Waals surface area contributed by atoms with Gasteiger partial charge in [-0.05, 0) is 25.2 Å². The Balaban J connectivity index is 2.20. The van der Waals surface area contributed by atoms with Gasteiger partial charge in [-0.3, -0.25) is 4.90 Å². The van der Waals surface area contributed by atoms with Crippen LogP contribution >= 0.6 is 0 Å². The molecule has 0 saturated heterocycles. The molecular formula is C12H22N2O. The van der Waals surface area contributed by atoms with Gasteiger partial charge in [-0.1, -0.05) is 5.92 Å². The molecule has 86 valence electrons. The largest absolute Gasteiger partial charge is 0.380 e. The zero-order chi connectivity index (χ0) is 11.1. The topological polar surface area (TPSA) is 38.5 Å². The van der Waals surface area contributed by atoms with E-state index in [4.69, 9.17) is 16.9 Å². The first kappa shape index (κ1) is 12.5. The summed E-state index contributed by atoms with van der Waals surface area (Å²) in [5, 5.41) is 0. The van der Waals surface area contributed by atoms with E-state index in [0.29, 0.717) is 6.54 Å². The van der Waals surface area contributed by atoms with Crippen molar-refractivity contribution in [3.8, 4) is 12.3 Å². The summed E-state index contributed by atoms with van der Waals surface area (Å²) in [6.07, 6.45) is 9.23. The van der Waals surface area contributed by atoms with E-state index < -0.39 is 0 Å². The van der Waals surface area contributed by atoms with Crippen LogP contribution in [-0.4, -0.2) is 44.3 Å². The molecule has 1 aliphatic rings. The molecule has 1 aliphatic carbocycles. The predicted octanol–water partition coefficient (Wildman–Crippen LogP) is 0.695. The van der Waals surface area contributed by atoms with Gasteiger partial charge in [0.2, 0.25) is 0 Å². The van der Waals surface area contributed by atoms with Crippen molar-refractivity contribution in [1.29, 1.82) is 0 Å². The van der Waals surface area contributed by atoms with Crippen LogP contribution in [0.15, 0.2) is 0 Å². The standard InChI is InChI=1S/C12H22N2O/c1-3-7-14(10-11-4-5-11)8-6-12(9-13)15-2/h1,11-12H,4-10,13H2,2H3. The Bertz CT molecular complexity index is 204. The summed E-state index contributed by atoms with van der Waals surface area (Å²) < 4.78 is 5.25. The van der Waals surface area contributed by atoms with E-state index in [1.54, 1.807) is 7.11 Å². The molecule has 1 saturated carbocycles. The molecule has 0 aromatic carbocycles. The van der Waals surface area contributed by atoms with Crippen LogP contribution in [0.3, 0.4) is 0 Å². The van der Waals surface area contributed by atoms with Crippen LogP contribution < -0.4 is 5.73 Å². The minimum atomic E-state index is 0.171. The van der Waals surface area contributed by atoms with Crippen LogP contribution in [0, 0.1) is 18.3 Å². The van der Waals surface area contributed by atoms with Gasteiger partial charge in [0, 0.05) is 26.7 Å². The second kappa shape index (κ2) is 6.84. The molecule has 0 amide bonds. The van der Waals surface area contributed by atoms with E-state index in [1.807, 2.05) is 0 Å². The van der Waals surface area contributed by atoms with E-state index in [0.717, 1.165) is 32.0 Å². The number of hydrogen-bond acceptors (Lipinski definition) is 3. The third-order valence-corrected chi connectivity index (χ3v) is 2.89. The van der Waals surface area contributed by atoms with Gasteiger partial charge in [-0.25, -0.2) is 0 Å². The fourth-order valence-electron chi connectivity index (χ4n) is 1.69. The zero-order valence-electron chi connectivity index (χ0n) is 9.61. The lowest BCUT2D eigenvalue weighted by Crippen LogP contribution is -2.32.